The third-order valence-electron chi connectivity index (χ3n) is 0.922. The van der Waals surface area contributed by atoms with Crippen molar-refractivity contribution in [2.75, 3.05) is 39.6 Å². The number of hydrogen-bond donors (Lipinski definition) is 4. The Bertz CT molecular complexity index is 163. The Morgan fingerprint density at radius 3 is 1.44 bits per heavy atom. The van der Waals surface area contributed by atoms with E-state index >= 15 is 0 Å². The molecule has 4 N–H and O–H groups in total. The van der Waals surface area contributed by atoms with Crippen LogP contribution in [0.15, 0.2) is 0 Å². The summed E-state index contributed by atoms with van der Waals surface area (Å²) in [6.45, 7) is -0.431. The minimum atomic E-state index is -1.17. The molecule has 0 aliphatic heterocycles. The number of hydrogen-bond acceptors (Lipinski definition) is 6. The minimum absolute atomic E-state index is 0.0278. The van der Waals surface area contributed by atoms with Crippen LogP contribution in [0.1, 0.15) is 0 Å². The van der Waals surface area contributed by atoms with Crippen LogP contribution in [-0.2, 0) is 19.1 Å². The monoisotopic (exact) mass is 240 g/mol. The molecule has 0 aromatic carbocycles. The predicted octanol–water partition coefficient (Wildman–Crippen LogP) is -1.84. The molecule has 0 bridgehead atoms. The summed E-state index contributed by atoms with van der Waals surface area (Å²) >= 11 is 0. The second-order valence-corrected chi connectivity index (χ2v) is 2.34. The van der Waals surface area contributed by atoms with E-state index in [-0.39, 0.29) is 13.2 Å². The first-order valence-corrected chi connectivity index (χ1v) is 4.35. The fourth-order valence-electron chi connectivity index (χ4n) is 0.457. The van der Waals surface area contributed by atoms with Crippen LogP contribution in [-0.4, -0.2) is 72.0 Å². The predicted molar refractivity (Wildman–Crippen MR) is 51.1 cm³/mol. The molecule has 8 nitrogen and oxygen atoms in total. The van der Waals surface area contributed by atoms with Crippen molar-refractivity contribution in [1.82, 2.24) is 0 Å². The normalized spacial score (nSPS) is 9.12. The van der Waals surface area contributed by atoms with Gasteiger partial charge in [0, 0.05) is 0 Å². The van der Waals surface area contributed by atoms with Crippen LogP contribution in [0.3, 0.4) is 0 Å². The van der Waals surface area contributed by atoms with Crippen LogP contribution in [0.5, 0.6) is 0 Å². The number of carbonyl (C=O) groups is 2. The Balaban J connectivity index is 0. The quantitative estimate of drug-likeness (QED) is 0.364. The fourth-order valence-corrected chi connectivity index (χ4v) is 0.457. The molecule has 0 spiro atoms. The molecule has 8 heteroatoms. The Morgan fingerprint density at radius 1 is 0.812 bits per heavy atom. The highest BCUT2D eigenvalue weighted by molar-refractivity contribution is 5.70. The standard InChI is InChI=1S/C4H6O5.C4H10O3/c5-3(6)1-9-2-4(7)8;5-1-3-7-4-2-6/h1-2H2,(H,5,6)(H,7,8);5-6H,1-4H2. The topological polar surface area (TPSA) is 134 Å². The first-order chi connectivity index (χ1) is 7.54. The largest absolute Gasteiger partial charge is 0.480 e. The van der Waals surface area contributed by atoms with Gasteiger partial charge >= 0.3 is 11.9 Å². The Hall–Kier alpha value is -1.22. The average Bonchev–Trinajstić information content (AvgIpc) is 2.18. The molecule has 0 aliphatic carbocycles. The third-order valence-corrected chi connectivity index (χ3v) is 0.922. The van der Waals surface area contributed by atoms with Crippen molar-refractivity contribution in [2.24, 2.45) is 0 Å². The first-order valence-electron chi connectivity index (χ1n) is 4.35. The smallest absolute Gasteiger partial charge is 0.329 e. The summed E-state index contributed by atoms with van der Waals surface area (Å²) in [4.78, 5) is 19.3. The molecule has 0 heterocycles. The minimum Gasteiger partial charge on any atom is -0.480 e. The van der Waals surface area contributed by atoms with Gasteiger partial charge in [-0.05, 0) is 0 Å². The molecule has 16 heavy (non-hydrogen) atoms. The van der Waals surface area contributed by atoms with Gasteiger partial charge in [-0.2, -0.15) is 0 Å². The number of aliphatic hydroxyl groups is 2. The zero-order valence-electron chi connectivity index (χ0n) is 8.66. The molecule has 96 valence electrons. The molecule has 0 radical (unpaired) electrons. The van der Waals surface area contributed by atoms with Crippen molar-refractivity contribution in [3.05, 3.63) is 0 Å². The van der Waals surface area contributed by atoms with E-state index < -0.39 is 25.2 Å². The molecular formula is C8H16O8. The van der Waals surface area contributed by atoms with Gasteiger partial charge in [-0.3, -0.25) is 0 Å². The van der Waals surface area contributed by atoms with E-state index in [1.807, 2.05) is 0 Å². The molecule has 0 amide bonds. The van der Waals surface area contributed by atoms with Crippen molar-refractivity contribution >= 4 is 11.9 Å². The lowest BCUT2D eigenvalue weighted by molar-refractivity contribution is -0.148. The molecular weight excluding hydrogens is 224 g/mol. The molecule has 0 aromatic heterocycles. The van der Waals surface area contributed by atoms with E-state index in [0.717, 1.165) is 0 Å². The van der Waals surface area contributed by atoms with Gasteiger partial charge in [0.25, 0.3) is 0 Å². The maximum atomic E-state index is 9.66. The van der Waals surface area contributed by atoms with Gasteiger partial charge in [0.1, 0.15) is 13.2 Å². The van der Waals surface area contributed by atoms with Crippen LogP contribution in [0, 0.1) is 0 Å². The number of aliphatic hydroxyl groups excluding tert-OH is 2. The highest BCUT2D eigenvalue weighted by atomic mass is 16.5. The van der Waals surface area contributed by atoms with E-state index in [9.17, 15) is 9.59 Å². The van der Waals surface area contributed by atoms with Crippen molar-refractivity contribution in [3.8, 4) is 0 Å². The third kappa shape index (κ3) is 23.0. The average molecular weight is 240 g/mol. The van der Waals surface area contributed by atoms with Gasteiger partial charge in [0.05, 0.1) is 26.4 Å². The van der Waals surface area contributed by atoms with Crippen molar-refractivity contribution < 1.29 is 39.5 Å². The number of carboxylic acids is 2. The zero-order chi connectivity index (χ0) is 12.8. The van der Waals surface area contributed by atoms with Crippen LogP contribution in [0.25, 0.3) is 0 Å². The van der Waals surface area contributed by atoms with E-state index in [1.165, 1.54) is 0 Å². The molecule has 0 saturated heterocycles. The summed E-state index contributed by atoms with van der Waals surface area (Å²) in [6, 6.07) is 0. The highest BCUT2D eigenvalue weighted by Gasteiger charge is 1.99. The van der Waals surface area contributed by atoms with Crippen LogP contribution in [0.4, 0.5) is 0 Å². The van der Waals surface area contributed by atoms with Gasteiger partial charge in [0.2, 0.25) is 0 Å². The summed E-state index contributed by atoms with van der Waals surface area (Å²) in [5.74, 6) is -2.34. The zero-order valence-corrected chi connectivity index (χ0v) is 8.66. The van der Waals surface area contributed by atoms with Crippen LogP contribution in [0.2, 0.25) is 0 Å². The molecule has 0 unspecified atom stereocenters. The van der Waals surface area contributed by atoms with Crippen LogP contribution < -0.4 is 0 Å². The molecule has 0 saturated carbocycles. The van der Waals surface area contributed by atoms with Crippen molar-refractivity contribution in [1.29, 1.82) is 0 Å². The maximum Gasteiger partial charge on any atom is 0.329 e. The first kappa shape index (κ1) is 17.2. The number of carboxylic acid groups (broad SMARTS) is 2. The van der Waals surface area contributed by atoms with E-state index in [4.69, 9.17) is 20.4 Å². The van der Waals surface area contributed by atoms with Gasteiger partial charge in [0.15, 0.2) is 0 Å². The second kappa shape index (κ2) is 13.8. The van der Waals surface area contributed by atoms with Crippen molar-refractivity contribution in [2.45, 2.75) is 0 Å². The lowest BCUT2D eigenvalue weighted by atomic mass is 10.7. The van der Waals surface area contributed by atoms with E-state index in [2.05, 4.69) is 9.47 Å². The maximum absolute atomic E-state index is 9.66. The Labute approximate surface area is 92.0 Å². The molecule has 0 rings (SSSR count). The summed E-state index contributed by atoms with van der Waals surface area (Å²) in [5, 5.41) is 32.0. The van der Waals surface area contributed by atoms with Gasteiger partial charge in [-0.1, -0.05) is 0 Å². The highest BCUT2D eigenvalue weighted by Crippen LogP contribution is 1.73. The molecule has 0 aliphatic rings. The van der Waals surface area contributed by atoms with Crippen molar-refractivity contribution in [3.63, 3.8) is 0 Å². The summed E-state index contributed by atoms with van der Waals surface area (Å²) in [5.41, 5.74) is 0. The number of rotatable bonds is 8. The molecule has 0 fully saturated rings. The van der Waals surface area contributed by atoms with Gasteiger partial charge in [-0.25, -0.2) is 9.59 Å². The number of aliphatic carboxylic acids is 2. The van der Waals surface area contributed by atoms with Gasteiger partial charge < -0.3 is 29.9 Å². The Morgan fingerprint density at radius 2 is 1.19 bits per heavy atom. The SMILES string of the molecule is O=C(O)COCC(=O)O.OCCOCCO. The van der Waals surface area contributed by atoms with Gasteiger partial charge in [-0.15, -0.1) is 0 Å². The molecule has 0 aromatic rings. The van der Waals surface area contributed by atoms with Crippen LogP contribution >= 0.6 is 0 Å². The lowest BCUT2D eigenvalue weighted by Crippen LogP contribution is -2.13. The second-order valence-electron chi connectivity index (χ2n) is 2.34. The lowest BCUT2D eigenvalue weighted by Gasteiger charge is -1.94. The summed E-state index contributed by atoms with van der Waals surface area (Å²) in [7, 11) is 0. The summed E-state index contributed by atoms with van der Waals surface area (Å²) < 4.78 is 8.79. The van der Waals surface area contributed by atoms with E-state index in [0.29, 0.717) is 13.2 Å². The molecule has 0 atom stereocenters. The summed E-state index contributed by atoms with van der Waals surface area (Å²) in [6.07, 6.45) is 0. The fraction of sp³-hybridized carbons (Fsp3) is 0.750. The van der Waals surface area contributed by atoms with E-state index in [1.54, 1.807) is 0 Å². The Kier molecular flexibility index (Phi) is 14.8. The number of ether oxygens (including phenoxy) is 2.